The number of hydrogen-bond donors (Lipinski definition) is 2. The fraction of sp³-hybridized carbons (Fsp3) is 0.611. The summed E-state index contributed by atoms with van der Waals surface area (Å²) in [4.78, 5) is 6.73. The molecule has 2 heterocycles. The SMILES string of the molecule is CN=C(NCCc1ccc2c(c1)OCO2)NCC1CCCN(C)C1. The first-order valence-corrected chi connectivity index (χ1v) is 8.76. The first-order chi connectivity index (χ1) is 11.7. The lowest BCUT2D eigenvalue weighted by molar-refractivity contribution is 0.174. The second-order valence-corrected chi connectivity index (χ2v) is 6.59. The van der Waals surface area contributed by atoms with Crippen LogP contribution in [0.2, 0.25) is 0 Å². The van der Waals surface area contributed by atoms with Crippen molar-refractivity contribution in [2.24, 2.45) is 10.9 Å². The minimum atomic E-state index is 0.323. The fourth-order valence-corrected chi connectivity index (χ4v) is 3.32. The van der Waals surface area contributed by atoms with E-state index in [0.29, 0.717) is 12.7 Å². The van der Waals surface area contributed by atoms with E-state index in [1.807, 2.05) is 13.1 Å². The highest BCUT2D eigenvalue weighted by Gasteiger charge is 2.17. The van der Waals surface area contributed by atoms with Crippen LogP contribution in [0.15, 0.2) is 23.2 Å². The van der Waals surface area contributed by atoms with Crippen LogP contribution >= 0.6 is 0 Å². The predicted octanol–water partition coefficient (Wildman–Crippen LogP) is 1.46. The Balaban J connectivity index is 1.39. The molecule has 2 aliphatic rings. The molecule has 2 N–H and O–H groups in total. The Bertz CT molecular complexity index is 576. The second-order valence-electron chi connectivity index (χ2n) is 6.59. The zero-order valence-electron chi connectivity index (χ0n) is 14.7. The average Bonchev–Trinajstić information content (AvgIpc) is 3.05. The highest BCUT2D eigenvalue weighted by Crippen LogP contribution is 2.32. The molecule has 1 aromatic rings. The van der Waals surface area contributed by atoms with Crippen LogP contribution in [0.4, 0.5) is 0 Å². The molecule has 1 aromatic carbocycles. The molecule has 2 aliphatic heterocycles. The summed E-state index contributed by atoms with van der Waals surface area (Å²) in [6.07, 6.45) is 3.51. The molecule has 1 fully saturated rings. The van der Waals surface area contributed by atoms with Gasteiger partial charge < -0.3 is 25.0 Å². The highest BCUT2D eigenvalue weighted by molar-refractivity contribution is 5.79. The van der Waals surface area contributed by atoms with Crippen LogP contribution in [0, 0.1) is 5.92 Å². The van der Waals surface area contributed by atoms with E-state index in [1.165, 1.54) is 31.5 Å². The van der Waals surface area contributed by atoms with Crippen molar-refractivity contribution >= 4 is 5.96 Å². The first-order valence-electron chi connectivity index (χ1n) is 8.76. The van der Waals surface area contributed by atoms with Crippen LogP contribution in [0.5, 0.6) is 11.5 Å². The number of fused-ring (bicyclic) bond motifs is 1. The van der Waals surface area contributed by atoms with Crippen molar-refractivity contribution in [2.45, 2.75) is 19.3 Å². The Labute approximate surface area is 144 Å². The van der Waals surface area contributed by atoms with Crippen molar-refractivity contribution in [2.75, 3.05) is 47.1 Å². The summed E-state index contributed by atoms with van der Waals surface area (Å²) >= 11 is 0. The Kier molecular flexibility index (Phi) is 5.80. The number of rotatable bonds is 5. The number of nitrogens with one attached hydrogen (secondary N) is 2. The largest absolute Gasteiger partial charge is 0.454 e. The van der Waals surface area contributed by atoms with Crippen molar-refractivity contribution in [1.82, 2.24) is 15.5 Å². The number of likely N-dealkylation sites (tertiary alicyclic amines) is 1. The van der Waals surface area contributed by atoms with Gasteiger partial charge in [-0.3, -0.25) is 4.99 Å². The average molecular weight is 332 g/mol. The minimum Gasteiger partial charge on any atom is -0.454 e. The van der Waals surface area contributed by atoms with E-state index in [4.69, 9.17) is 9.47 Å². The maximum Gasteiger partial charge on any atom is 0.231 e. The van der Waals surface area contributed by atoms with Gasteiger partial charge in [0.05, 0.1) is 0 Å². The highest BCUT2D eigenvalue weighted by atomic mass is 16.7. The summed E-state index contributed by atoms with van der Waals surface area (Å²) in [5.41, 5.74) is 1.23. The monoisotopic (exact) mass is 332 g/mol. The quantitative estimate of drug-likeness (QED) is 0.632. The second kappa shape index (κ2) is 8.24. The van der Waals surface area contributed by atoms with Gasteiger partial charge in [0.25, 0.3) is 0 Å². The third kappa shape index (κ3) is 4.54. The van der Waals surface area contributed by atoms with E-state index in [1.54, 1.807) is 0 Å². The molecule has 0 spiro atoms. The molecule has 3 rings (SSSR count). The summed E-state index contributed by atoms with van der Waals surface area (Å²) in [5.74, 6) is 3.26. The number of nitrogens with zero attached hydrogens (tertiary/aromatic N) is 2. The van der Waals surface area contributed by atoms with E-state index in [9.17, 15) is 0 Å². The van der Waals surface area contributed by atoms with Crippen molar-refractivity contribution in [3.8, 4) is 11.5 Å². The lowest BCUT2D eigenvalue weighted by atomic mass is 9.99. The van der Waals surface area contributed by atoms with E-state index >= 15 is 0 Å². The molecule has 0 aromatic heterocycles. The van der Waals surface area contributed by atoms with Gasteiger partial charge in [0.15, 0.2) is 17.5 Å². The Morgan fingerprint density at radius 2 is 2.17 bits per heavy atom. The molecule has 0 radical (unpaired) electrons. The maximum absolute atomic E-state index is 5.42. The van der Waals surface area contributed by atoms with Gasteiger partial charge in [-0.1, -0.05) is 6.07 Å². The molecule has 132 valence electrons. The molecule has 6 nitrogen and oxygen atoms in total. The predicted molar refractivity (Wildman–Crippen MR) is 95.9 cm³/mol. The molecular formula is C18H28N4O2. The third-order valence-corrected chi connectivity index (χ3v) is 4.65. The molecule has 1 unspecified atom stereocenters. The molecule has 1 saturated heterocycles. The first kappa shape index (κ1) is 16.9. The summed E-state index contributed by atoms with van der Waals surface area (Å²) < 4.78 is 10.8. The molecule has 0 amide bonds. The van der Waals surface area contributed by atoms with Crippen LogP contribution in [0.1, 0.15) is 18.4 Å². The van der Waals surface area contributed by atoms with Crippen molar-refractivity contribution < 1.29 is 9.47 Å². The summed E-state index contributed by atoms with van der Waals surface area (Å²) in [7, 11) is 4.02. The van der Waals surface area contributed by atoms with Gasteiger partial charge in [-0.15, -0.1) is 0 Å². The van der Waals surface area contributed by atoms with Gasteiger partial charge in [-0.05, 0) is 56.5 Å². The molecule has 1 atom stereocenters. The summed E-state index contributed by atoms with van der Waals surface area (Å²) in [6, 6.07) is 6.12. The lowest BCUT2D eigenvalue weighted by Crippen LogP contribution is -2.44. The molecule has 0 aliphatic carbocycles. The van der Waals surface area contributed by atoms with E-state index in [-0.39, 0.29) is 0 Å². The van der Waals surface area contributed by atoms with Crippen LogP contribution in [0.25, 0.3) is 0 Å². The number of piperidine rings is 1. The smallest absolute Gasteiger partial charge is 0.231 e. The van der Waals surface area contributed by atoms with Crippen LogP contribution in [-0.2, 0) is 6.42 Å². The zero-order chi connectivity index (χ0) is 16.8. The van der Waals surface area contributed by atoms with E-state index in [2.05, 4.69) is 39.7 Å². The zero-order valence-corrected chi connectivity index (χ0v) is 14.7. The Hall–Kier alpha value is -1.95. The van der Waals surface area contributed by atoms with Gasteiger partial charge >= 0.3 is 0 Å². The molecule has 6 heteroatoms. The number of ether oxygens (including phenoxy) is 2. The minimum absolute atomic E-state index is 0.323. The Morgan fingerprint density at radius 3 is 3.00 bits per heavy atom. The molecule has 0 bridgehead atoms. The molecule has 0 saturated carbocycles. The lowest BCUT2D eigenvalue weighted by Gasteiger charge is -2.30. The van der Waals surface area contributed by atoms with Crippen molar-refractivity contribution in [3.63, 3.8) is 0 Å². The van der Waals surface area contributed by atoms with Gasteiger partial charge in [-0.2, -0.15) is 0 Å². The van der Waals surface area contributed by atoms with Crippen LogP contribution < -0.4 is 20.1 Å². The maximum atomic E-state index is 5.42. The number of benzene rings is 1. The normalized spacial score (nSPS) is 20.9. The number of guanidine groups is 1. The van der Waals surface area contributed by atoms with Crippen molar-refractivity contribution in [1.29, 1.82) is 0 Å². The van der Waals surface area contributed by atoms with E-state index < -0.39 is 0 Å². The summed E-state index contributed by atoms with van der Waals surface area (Å²) in [6.45, 7) is 4.53. The fourth-order valence-electron chi connectivity index (χ4n) is 3.32. The third-order valence-electron chi connectivity index (χ3n) is 4.65. The van der Waals surface area contributed by atoms with Crippen molar-refractivity contribution in [3.05, 3.63) is 23.8 Å². The molecular weight excluding hydrogens is 304 g/mol. The van der Waals surface area contributed by atoms with Crippen LogP contribution in [0.3, 0.4) is 0 Å². The van der Waals surface area contributed by atoms with Gasteiger partial charge in [0.1, 0.15) is 0 Å². The Morgan fingerprint density at radius 1 is 1.29 bits per heavy atom. The molecule has 24 heavy (non-hydrogen) atoms. The topological polar surface area (TPSA) is 58.1 Å². The van der Waals surface area contributed by atoms with E-state index in [0.717, 1.165) is 37.0 Å². The van der Waals surface area contributed by atoms with Crippen LogP contribution in [-0.4, -0.2) is 57.9 Å². The van der Waals surface area contributed by atoms with Gasteiger partial charge in [-0.25, -0.2) is 0 Å². The summed E-state index contributed by atoms with van der Waals surface area (Å²) in [5, 5.41) is 6.84. The standard InChI is InChI=1S/C18H28N4O2/c1-19-18(21-11-15-4-3-9-22(2)12-15)20-8-7-14-5-6-16-17(10-14)24-13-23-16/h5-6,10,15H,3-4,7-9,11-13H2,1-2H3,(H2,19,20,21). The van der Waals surface area contributed by atoms with Gasteiger partial charge in [0.2, 0.25) is 6.79 Å². The van der Waals surface area contributed by atoms with Gasteiger partial charge in [0, 0.05) is 26.7 Å². The number of hydrogen-bond acceptors (Lipinski definition) is 4. The number of aliphatic imine (C=N–C) groups is 1.